The molecule has 1 aliphatic heterocycles. The van der Waals surface area contributed by atoms with Crippen molar-refractivity contribution >= 4 is 35.6 Å². The number of halogens is 1. The summed E-state index contributed by atoms with van der Waals surface area (Å²) in [6.07, 6.45) is 2.19. The van der Waals surface area contributed by atoms with Gasteiger partial charge < -0.3 is 16.0 Å². The van der Waals surface area contributed by atoms with Crippen LogP contribution >= 0.6 is 12.4 Å². The van der Waals surface area contributed by atoms with Crippen LogP contribution in [0.2, 0.25) is 0 Å². The molecule has 0 radical (unpaired) electrons. The fraction of sp³-hybridized carbons (Fsp3) is 0.529. The number of fused-ring (bicyclic) bond motifs is 1. The molecule has 0 fully saturated rings. The quantitative estimate of drug-likeness (QED) is 0.831. The van der Waals surface area contributed by atoms with Crippen molar-refractivity contribution < 1.29 is 9.59 Å². The number of anilines is 2. The summed E-state index contributed by atoms with van der Waals surface area (Å²) in [5, 5.41) is 2.72. The average Bonchev–Trinajstić information content (AvgIpc) is 2.43. The molecular formula is C17H26ClN3O2. The standard InChI is InChI=1S/C17H25N3O2.ClH/c1-17(2,3)10-15(21)19-11-16(22)20-9-5-6-12-13(18)7-4-8-14(12)20;/h4,7-8H,5-6,9-11,18H2,1-3H3,(H,19,21);1H. The van der Waals surface area contributed by atoms with Crippen molar-refractivity contribution in [2.45, 2.75) is 40.0 Å². The molecule has 2 rings (SSSR count). The maximum Gasteiger partial charge on any atom is 0.246 e. The van der Waals surface area contributed by atoms with Gasteiger partial charge in [-0.2, -0.15) is 0 Å². The van der Waals surface area contributed by atoms with E-state index in [1.165, 1.54) is 0 Å². The first-order valence-corrected chi connectivity index (χ1v) is 7.72. The van der Waals surface area contributed by atoms with Gasteiger partial charge in [-0.1, -0.05) is 26.8 Å². The number of amides is 2. The van der Waals surface area contributed by atoms with Crippen LogP contribution in [0.1, 0.15) is 39.2 Å². The highest BCUT2D eigenvalue weighted by molar-refractivity contribution is 5.98. The summed E-state index contributed by atoms with van der Waals surface area (Å²) in [6, 6.07) is 5.63. The first-order chi connectivity index (χ1) is 10.3. The van der Waals surface area contributed by atoms with Crippen molar-refractivity contribution in [1.82, 2.24) is 5.32 Å². The largest absolute Gasteiger partial charge is 0.398 e. The minimum atomic E-state index is -0.0920. The summed E-state index contributed by atoms with van der Waals surface area (Å²) in [7, 11) is 0. The van der Waals surface area contributed by atoms with E-state index < -0.39 is 0 Å². The van der Waals surface area contributed by atoms with Crippen LogP contribution in [0.4, 0.5) is 11.4 Å². The van der Waals surface area contributed by atoms with Gasteiger partial charge >= 0.3 is 0 Å². The molecule has 2 amide bonds. The molecule has 1 aliphatic rings. The predicted octanol–water partition coefficient (Wildman–Crippen LogP) is 2.52. The van der Waals surface area contributed by atoms with Crippen molar-refractivity contribution in [2.24, 2.45) is 5.41 Å². The monoisotopic (exact) mass is 339 g/mol. The fourth-order valence-electron chi connectivity index (χ4n) is 2.72. The van der Waals surface area contributed by atoms with Gasteiger partial charge in [0.05, 0.1) is 6.54 Å². The zero-order valence-corrected chi connectivity index (χ0v) is 14.8. The molecule has 0 atom stereocenters. The van der Waals surface area contributed by atoms with Gasteiger partial charge in [0.1, 0.15) is 0 Å². The highest BCUT2D eigenvalue weighted by Gasteiger charge is 2.24. The molecule has 23 heavy (non-hydrogen) atoms. The van der Waals surface area contributed by atoms with Gasteiger partial charge in [-0.3, -0.25) is 9.59 Å². The Bertz CT molecular complexity index is 582. The van der Waals surface area contributed by atoms with Gasteiger partial charge in [0.25, 0.3) is 0 Å². The Labute approximate surface area is 144 Å². The second-order valence-electron chi connectivity index (χ2n) is 7.01. The highest BCUT2D eigenvalue weighted by atomic mass is 35.5. The molecular weight excluding hydrogens is 314 g/mol. The zero-order chi connectivity index (χ0) is 16.3. The lowest BCUT2D eigenvalue weighted by atomic mass is 9.92. The van der Waals surface area contributed by atoms with E-state index in [4.69, 9.17) is 5.73 Å². The van der Waals surface area contributed by atoms with Crippen LogP contribution in [0.15, 0.2) is 18.2 Å². The number of nitrogens with one attached hydrogen (secondary N) is 1. The lowest BCUT2D eigenvalue weighted by Gasteiger charge is -2.30. The number of carbonyl (C=O) groups excluding carboxylic acids is 2. The molecule has 128 valence electrons. The van der Waals surface area contributed by atoms with E-state index in [1.807, 2.05) is 39.0 Å². The van der Waals surface area contributed by atoms with E-state index >= 15 is 0 Å². The smallest absolute Gasteiger partial charge is 0.246 e. The number of nitrogens with two attached hydrogens (primary N) is 1. The topological polar surface area (TPSA) is 75.4 Å². The van der Waals surface area contributed by atoms with Crippen LogP contribution in [0.3, 0.4) is 0 Å². The molecule has 3 N–H and O–H groups in total. The Morgan fingerprint density at radius 1 is 1.30 bits per heavy atom. The Balaban J connectivity index is 0.00000264. The number of benzene rings is 1. The Morgan fingerprint density at radius 3 is 2.65 bits per heavy atom. The van der Waals surface area contributed by atoms with Crippen LogP contribution in [0.25, 0.3) is 0 Å². The Kier molecular flexibility index (Phi) is 6.45. The van der Waals surface area contributed by atoms with E-state index in [2.05, 4.69) is 5.32 Å². The number of rotatable bonds is 3. The highest BCUT2D eigenvalue weighted by Crippen LogP contribution is 2.31. The van der Waals surface area contributed by atoms with Crippen LogP contribution in [-0.4, -0.2) is 24.9 Å². The van der Waals surface area contributed by atoms with E-state index in [1.54, 1.807) is 4.90 Å². The molecule has 0 aliphatic carbocycles. The van der Waals surface area contributed by atoms with E-state index in [-0.39, 0.29) is 36.2 Å². The molecule has 0 aromatic heterocycles. The molecule has 0 bridgehead atoms. The lowest BCUT2D eigenvalue weighted by Crippen LogP contribution is -2.43. The number of nitrogens with zero attached hydrogens (tertiary/aromatic N) is 1. The normalized spacial score (nSPS) is 13.8. The van der Waals surface area contributed by atoms with Gasteiger partial charge in [-0.05, 0) is 36.0 Å². The van der Waals surface area contributed by atoms with Crippen molar-refractivity contribution in [3.8, 4) is 0 Å². The summed E-state index contributed by atoms with van der Waals surface area (Å²) >= 11 is 0. The van der Waals surface area contributed by atoms with Crippen LogP contribution in [0.5, 0.6) is 0 Å². The van der Waals surface area contributed by atoms with Crippen LogP contribution in [-0.2, 0) is 16.0 Å². The Hall–Kier alpha value is -1.75. The lowest BCUT2D eigenvalue weighted by molar-refractivity contribution is -0.126. The summed E-state index contributed by atoms with van der Waals surface area (Å²) in [6.45, 7) is 6.70. The fourth-order valence-corrected chi connectivity index (χ4v) is 2.72. The number of hydrogen-bond donors (Lipinski definition) is 2. The van der Waals surface area contributed by atoms with E-state index in [0.29, 0.717) is 13.0 Å². The van der Waals surface area contributed by atoms with Crippen LogP contribution in [0, 0.1) is 5.41 Å². The SMILES string of the molecule is CC(C)(C)CC(=O)NCC(=O)N1CCCc2c(N)cccc21.Cl. The maximum absolute atomic E-state index is 12.4. The third-order valence-corrected chi connectivity index (χ3v) is 3.72. The van der Waals surface area contributed by atoms with Crippen LogP contribution < -0.4 is 16.0 Å². The van der Waals surface area contributed by atoms with Gasteiger partial charge in [0.15, 0.2) is 0 Å². The number of nitrogen functional groups attached to an aromatic ring is 1. The van der Waals surface area contributed by atoms with E-state index in [0.717, 1.165) is 29.8 Å². The van der Waals surface area contributed by atoms with Crippen molar-refractivity contribution in [2.75, 3.05) is 23.7 Å². The van der Waals surface area contributed by atoms with Gasteiger partial charge in [0.2, 0.25) is 11.8 Å². The average molecular weight is 340 g/mol. The summed E-state index contributed by atoms with van der Waals surface area (Å²) in [5.74, 6) is -0.181. The first-order valence-electron chi connectivity index (χ1n) is 7.72. The molecule has 0 saturated carbocycles. The molecule has 5 nitrogen and oxygen atoms in total. The van der Waals surface area contributed by atoms with Crippen molar-refractivity contribution in [1.29, 1.82) is 0 Å². The molecule has 0 saturated heterocycles. The third-order valence-electron chi connectivity index (χ3n) is 3.72. The number of hydrogen-bond acceptors (Lipinski definition) is 3. The van der Waals surface area contributed by atoms with Gasteiger partial charge in [-0.15, -0.1) is 12.4 Å². The zero-order valence-electron chi connectivity index (χ0n) is 14.0. The summed E-state index contributed by atoms with van der Waals surface area (Å²) < 4.78 is 0. The predicted molar refractivity (Wildman–Crippen MR) is 95.9 cm³/mol. The second kappa shape index (κ2) is 7.68. The minimum absolute atomic E-state index is 0. The third kappa shape index (κ3) is 5.13. The van der Waals surface area contributed by atoms with Gasteiger partial charge in [0, 0.05) is 24.3 Å². The van der Waals surface area contributed by atoms with E-state index in [9.17, 15) is 9.59 Å². The second-order valence-corrected chi connectivity index (χ2v) is 7.01. The van der Waals surface area contributed by atoms with Crippen molar-refractivity contribution in [3.05, 3.63) is 23.8 Å². The molecule has 0 unspecified atom stereocenters. The minimum Gasteiger partial charge on any atom is -0.398 e. The summed E-state index contributed by atoms with van der Waals surface area (Å²) in [4.78, 5) is 26.0. The first kappa shape index (κ1) is 19.3. The Morgan fingerprint density at radius 2 is 2.00 bits per heavy atom. The number of carbonyl (C=O) groups is 2. The maximum atomic E-state index is 12.4. The molecule has 6 heteroatoms. The molecule has 0 spiro atoms. The van der Waals surface area contributed by atoms with Crippen molar-refractivity contribution in [3.63, 3.8) is 0 Å². The van der Waals surface area contributed by atoms with Gasteiger partial charge in [-0.25, -0.2) is 0 Å². The summed E-state index contributed by atoms with van der Waals surface area (Å²) in [5.41, 5.74) is 8.54. The molecule has 1 heterocycles. The molecule has 1 aromatic carbocycles. The molecule has 1 aromatic rings.